The summed E-state index contributed by atoms with van der Waals surface area (Å²) in [6, 6.07) is 4.74. The molecule has 0 saturated heterocycles. The summed E-state index contributed by atoms with van der Waals surface area (Å²) in [7, 11) is -1.07. The number of benzene rings is 1. The van der Waals surface area contributed by atoms with Crippen molar-refractivity contribution in [1.29, 1.82) is 0 Å². The van der Waals surface area contributed by atoms with Gasteiger partial charge in [-0.25, -0.2) is 8.42 Å². The molecule has 0 atom stereocenters. The summed E-state index contributed by atoms with van der Waals surface area (Å²) in [5.41, 5.74) is 1.15. The van der Waals surface area contributed by atoms with Crippen LogP contribution in [0, 0.1) is 18.8 Å². The largest absolute Gasteiger partial charge is 0.384 e. The molecule has 1 aromatic rings. The summed E-state index contributed by atoms with van der Waals surface area (Å²) in [6.07, 6.45) is 0. The first-order chi connectivity index (χ1) is 9.82. The number of carbonyl (C=O) groups excluding carboxylic acids is 1. The highest BCUT2D eigenvalue weighted by Gasteiger charge is 2.25. The van der Waals surface area contributed by atoms with Crippen molar-refractivity contribution in [3.8, 4) is 11.8 Å². The summed E-state index contributed by atoms with van der Waals surface area (Å²) in [5, 5.41) is 11.1. The summed E-state index contributed by atoms with van der Waals surface area (Å²) in [5.74, 6) is 4.66. The van der Waals surface area contributed by atoms with E-state index in [1.807, 2.05) is 6.92 Å². The third-order valence-corrected chi connectivity index (χ3v) is 4.63. The van der Waals surface area contributed by atoms with Gasteiger partial charge in [0.15, 0.2) is 0 Å². The van der Waals surface area contributed by atoms with Crippen LogP contribution < -0.4 is 5.32 Å². The second-order valence-corrected chi connectivity index (χ2v) is 6.41. The monoisotopic (exact) mass is 310 g/mol. The molecule has 0 heterocycles. The Kier molecular flexibility index (Phi) is 5.90. The minimum atomic E-state index is -3.83. The smallest absolute Gasteiger partial charge is 0.244 e. The zero-order valence-electron chi connectivity index (χ0n) is 12.2. The topological polar surface area (TPSA) is 86.7 Å². The lowest BCUT2D eigenvalue weighted by Crippen LogP contribution is -2.37. The second kappa shape index (κ2) is 7.22. The van der Waals surface area contributed by atoms with E-state index in [1.54, 1.807) is 12.1 Å². The van der Waals surface area contributed by atoms with E-state index < -0.39 is 15.9 Å². The van der Waals surface area contributed by atoms with E-state index in [2.05, 4.69) is 17.2 Å². The first kappa shape index (κ1) is 17.2. The van der Waals surface area contributed by atoms with Crippen molar-refractivity contribution < 1.29 is 18.3 Å². The summed E-state index contributed by atoms with van der Waals surface area (Å²) >= 11 is 0. The Balaban J connectivity index is 3.28. The Morgan fingerprint density at radius 3 is 2.67 bits per heavy atom. The molecular weight excluding hydrogens is 292 g/mol. The molecule has 0 spiro atoms. The minimum Gasteiger partial charge on any atom is -0.384 e. The van der Waals surface area contributed by atoms with Gasteiger partial charge in [0.2, 0.25) is 15.9 Å². The molecule has 0 unspecified atom stereocenters. The standard InChI is InChI=1S/C14H18N2O4S/c1-11-6-7-13(12(9-11)5-4-8-17)21(19,20)16(3)10-14(18)15-2/h6-7,9,17H,8,10H2,1-3H3,(H,15,18). The number of aliphatic hydroxyl groups is 1. The molecule has 0 aromatic heterocycles. The van der Waals surface area contributed by atoms with Gasteiger partial charge in [-0.1, -0.05) is 17.9 Å². The molecule has 0 bridgehead atoms. The maximum Gasteiger partial charge on any atom is 0.244 e. The number of nitrogens with zero attached hydrogens (tertiary/aromatic N) is 1. The Bertz CT molecular complexity index is 687. The van der Waals surface area contributed by atoms with Crippen LogP contribution >= 0.6 is 0 Å². The molecular formula is C14H18N2O4S. The molecule has 1 rings (SSSR count). The molecule has 0 aliphatic heterocycles. The van der Waals surface area contributed by atoms with E-state index in [1.165, 1.54) is 20.2 Å². The lowest BCUT2D eigenvalue weighted by molar-refractivity contribution is -0.120. The third-order valence-electron chi connectivity index (χ3n) is 2.77. The van der Waals surface area contributed by atoms with Gasteiger partial charge in [-0.3, -0.25) is 4.79 Å². The zero-order chi connectivity index (χ0) is 16.0. The molecule has 21 heavy (non-hydrogen) atoms. The van der Waals surface area contributed by atoms with Gasteiger partial charge < -0.3 is 10.4 Å². The van der Waals surface area contributed by atoms with Crippen molar-refractivity contribution >= 4 is 15.9 Å². The van der Waals surface area contributed by atoms with E-state index in [4.69, 9.17) is 5.11 Å². The quantitative estimate of drug-likeness (QED) is 0.748. The van der Waals surface area contributed by atoms with Crippen LogP contribution in [0.5, 0.6) is 0 Å². The number of rotatable bonds is 4. The van der Waals surface area contributed by atoms with Crippen molar-refractivity contribution in [2.24, 2.45) is 0 Å². The lowest BCUT2D eigenvalue weighted by Gasteiger charge is -2.17. The van der Waals surface area contributed by atoms with Gasteiger partial charge >= 0.3 is 0 Å². The Morgan fingerprint density at radius 2 is 2.10 bits per heavy atom. The van der Waals surface area contributed by atoms with Crippen molar-refractivity contribution in [2.75, 3.05) is 27.2 Å². The first-order valence-electron chi connectivity index (χ1n) is 6.20. The maximum atomic E-state index is 12.5. The number of hydrogen-bond donors (Lipinski definition) is 2. The second-order valence-electron chi connectivity index (χ2n) is 4.39. The fourth-order valence-corrected chi connectivity index (χ4v) is 2.89. The van der Waals surface area contributed by atoms with Crippen LogP contribution in [0.2, 0.25) is 0 Å². The number of aliphatic hydroxyl groups excluding tert-OH is 1. The van der Waals surface area contributed by atoms with E-state index in [0.29, 0.717) is 5.56 Å². The van der Waals surface area contributed by atoms with Gasteiger partial charge in [-0.05, 0) is 24.6 Å². The molecule has 1 aromatic carbocycles. The molecule has 1 amide bonds. The predicted molar refractivity (Wildman–Crippen MR) is 79.0 cm³/mol. The van der Waals surface area contributed by atoms with Crippen LogP contribution in [0.25, 0.3) is 0 Å². The number of amides is 1. The van der Waals surface area contributed by atoms with E-state index in [-0.39, 0.29) is 18.0 Å². The van der Waals surface area contributed by atoms with E-state index in [9.17, 15) is 13.2 Å². The highest BCUT2D eigenvalue weighted by molar-refractivity contribution is 7.89. The van der Waals surface area contributed by atoms with Crippen LogP contribution in [0.1, 0.15) is 11.1 Å². The fourth-order valence-electron chi connectivity index (χ4n) is 1.64. The molecule has 0 fully saturated rings. The van der Waals surface area contributed by atoms with Crippen LogP contribution in [-0.2, 0) is 14.8 Å². The highest BCUT2D eigenvalue weighted by atomic mass is 32.2. The van der Waals surface area contributed by atoms with Gasteiger partial charge in [-0.15, -0.1) is 0 Å². The molecule has 0 aliphatic rings. The molecule has 0 aliphatic carbocycles. The fraction of sp³-hybridized carbons (Fsp3) is 0.357. The van der Waals surface area contributed by atoms with Crippen LogP contribution in [0.4, 0.5) is 0 Å². The summed E-state index contributed by atoms with van der Waals surface area (Å²) in [6.45, 7) is 1.18. The van der Waals surface area contributed by atoms with Crippen molar-refractivity contribution in [3.63, 3.8) is 0 Å². The Labute approximate surface area is 124 Å². The van der Waals surface area contributed by atoms with Crippen LogP contribution in [0.3, 0.4) is 0 Å². The normalized spacial score (nSPS) is 10.9. The van der Waals surface area contributed by atoms with Crippen molar-refractivity contribution in [3.05, 3.63) is 29.3 Å². The summed E-state index contributed by atoms with van der Waals surface area (Å²) in [4.78, 5) is 11.3. The zero-order valence-corrected chi connectivity index (χ0v) is 13.0. The van der Waals surface area contributed by atoms with Gasteiger partial charge in [-0.2, -0.15) is 4.31 Å². The molecule has 0 saturated carbocycles. The maximum absolute atomic E-state index is 12.5. The van der Waals surface area contributed by atoms with Crippen LogP contribution in [-0.4, -0.2) is 51.0 Å². The van der Waals surface area contributed by atoms with E-state index >= 15 is 0 Å². The summed E-state index contributed by atoms with van der Waals surface area (Å²) < 4.78 is 25.9. The van der Waals surface area contributed by atoms with Gasteiger partial charge in [0.05, 0.1) is 11.4 Å². The number of nitrogens with one attached hydrogen (secondary N) is 1. The van der Waals surface area contributed by atoms with Gasteiger partial charge in [0.1, 0.15) is 6.61 Å². The average Bonchev–Trinajstić information content (AvgIpc) is 2.44. The number of aryl methyl sites for hydroxylation is 1. The number of hydrogen-bond acceptors (Lipinski definition) is 4. The molecule has 7 heteroatoms. The van der Waals surface area contributed by atoms with Gasteiger partial charge in [0, 0.05) is 19.7 Å². The SMILES string of the molecule is CNC(=O)CN(C)S(=O)(=O)c1ccc(C)cc1C#CCO. The predicted octanol–water partition coefficient (Wildman–Crippen LogP) is -0.295. The molecule has 6 nitrogen and oxygen atoms in total. The molecule has 2 N–H and O–H groups in total. The van der Waals surface area contributed by atoms with Crippen molar-refractivity contribution in [1.82, 2.24) is 9.62 Å². The lowest BCUT2D eigenvalue weighted by atomic mass is 10.1. The average molecular weight is 310 g/mol. The molecule has 0 radical (unpaired) electrons. The van der Waals surface area contributed by atoms with Crippen molar-refractivity contribution in [2.45, 2.75) is 11.8 Å². The minimum absolute atomic E-state index is 0.0143. The third kappa shape index (κ3) is 4.29. The van der Waals surface area contributed by atoms with Crippen LogP contribution in [0.15, 0.2) is 23.1 Å². The first-order valence-corrected chi connectivity index (χ1v) is 7.64. The number of sulfonamides is 1. The Hall–Kier alpha value is -1.88. The number of carbonyl (C=O) groups is 1. The highest BCUT2D eigenvalue weighted by Crippen LogP contribution is 2.20. The molecule has 114 valence electrons. The van der Waals surface area contributed by atoms with Gasteiger partial charge in [0.25, 0.3) is 0 Å². The van der Waals surface area contributed by atoms with E-state index in [0.717, 1.165) is 9.87 Å². The Morgan fingerprint density at radius 1 is 1.43 bits per heavy atom. The number of likely N-dealkylation sites (N-methyl/N-ethyl adjacent to an activating group) is 2.